The molecule has 0 saturated carbocycles. The van der Waals surface area contributed by atoms with Crippen LogP contribution in [0.2, 0.25) is 0 Å². The molecule has 1 aromatic carbocycles. The summed E-state index contributed by atoms with van der Waals surface area (Å²) in [6.45, 7) is 8.18. The van der Waals surface area contributed by atoms with Crippen LogP contribution in [0.5, 0.6) is 0 Å². The molecule has 0 unspecified atom stereocenters. The van der Waals surface area contributed by atoms with Crippen molar-refractivity contribution in [1.82, 2.24) is 0 Å². The lowest BCUT2D eigenvalue weighted by atomic mass is 10.1. The number of nitrogens with two attached hydrogens (primary N) is 1. The van der Waals surface area contributed by atoms with Gasteiger partial charge in [0.15, 0.2) is 5.69 Å². The molecule has 0 radical (unpaired) electrons. The molecule has 14 heavy (non-hydrogen) atoms. The highest BCUT2D eigenvalue weighted by atomic mass is 19.4. The molecule has 2 N–H and O–H groups in total. The smallest absolute Gasteiger partial charge is 0.399 e. The van der Waals surface area contributed by atoms with E-state index >= 15 is 0 Å². The molecular formula is C9H7F3N2. The fourth-order valence-corrected chi connectivity index (χ4v) is 1.03. The van der Waals surface area contributed by atoms with Gasteiger partial charge in [-0.2, -0.15) is 13.2 Å². The third kappa shape index (κ3) is 1.79. The van der Waals surface area contributed by atoms with E-state index in [9.17, 15) is 13.2 Å². The number of alkyl halides is 3. The fourth-order valence-electron chi connectivity index (χ4n) is 1.03. The Hall–Kier alpha value is -1.70. The van der Waals surface area contributed by atoms with Crippen LogP contribution in [0.25, 0.3) is 4.85 Å². The molecule has 0 bridgehead atoms. The number of anilines is 1. The zero-order valence-corrected chi connectivity index (χ0v) is 7.31. The molecule has 0 heterocycles. The zero-order chi connectivity index (χ0) is 10.9. The van der Waals surface area contributed by atoms with Gasteiger partial charge in [-0.05, 0) is 18.6 Å². The van der Waals surface area contributed by atoms with Gasteiger partial charge in [-0.15, -0.1) is 0 Å². The molecule has 0 fully saturated rings. The third-order valence-corrected chi connectivity index (χ3v) is 1.81. The zero-order valence-electron chi connectivity index (χ0n) is 7.31. The van der Waals surface area contributed by atoms with Gasteiger partial charge in [0.1, 0.15) is 0 Å². The van der Waals surface area contributed by atoms with Crippen molar-refractivity contribution < 1.29 is 13.2 Å². The summed E-state index contributed by atoms with van der Waals surface area (Å²) in [5, 5.41) is 0. The minimum atomic E-state index is -4.53. The van der Waals surface area contributed by atoms with Gasteiger partial charge in [-0.25, -0.2) is 4.85 Å². The molecule has 2 nitrogen and oxygen atoms in total. The molecule has 0 aliphatic rings. The average molecular weight is 200 g/mol. The Morgan fingerprint density at radius 2 is 1.93 bits per heavy atom. The molecule has 0 atom stereocenters. The summed E-state index contributed by atoms with van der Waals surface area (Å²) >= 11 is 0. The third-order valence-electron chi connectivity index (χ3n) is 1.81. The fraction of sp³-hybridized carbons (Fsp3) is 0.222. The quantitative estimate of drug-likeness (QED) is 0.506. The van der Waals surface area contributed by atoms with Gasteiger partial charge >= 0.3 is 6.18 Å². The SMILES string of the molecule is [C-]#[N+]c1cc(C)c(N)cc1C(F)(F)F. The summed E-state index contributed by atoms with van der Waals surface area (Å²) in [5.74, 6) is 0. The molecule has 0 aliphatic carbocycles. The minimum Gasteiger partial charge on any atom is -0.399 e. The van der Waals surface area contributed by atoms with Crippen LogP contribution in [0.15, 0.2) is 12.1 Å². The number of nitrogen functional groups attached to an aromatic ring is 1. The van der Waals surface area contributed by atoms with Crippen molar-refractivity contribution in [3.63, 3.8) is 0 Å². The van der Waals surface area contributed by atoms with Gasteiger partial charge in [0.25, 0.3) is 0 Å². The first-order valence-corrected chi connectivity index (χ1v) is 3.71. The summed E-state index contributed by atoms with van der Waals surface area (Å²) in [4.78, 5) is 2.81. The van der Waals surface area contributed by atoms with Crippen LogP contribution < -0.4 is 5.73 Å². The molecular weight excluding hydrogens is 193 g/mol. The Balaban J connectivity index is 3.45. The topological polar surface area (TPSA) is 30.4 Å². The first kappa shape index (κ1) is 10.4. The molecule has 5 heteroatoms. The number of rotatable bonds is 0. The average Bonchev–Trinajstić information content (AvgIpc) is 2.07. The van der Waals surface area contributed by atoms with E-state index in [1.165, 1.54) is 0 Å². The summed E-state index contributed by atoms with van der Waals surface area (Å²) in [7, 11) is 0. The van der Waals surface area contributed by atoms with Crippen LogP contribution in [0.1, 0.15) is 11.1 Å². The summed E-state index contributed by atoms with van der Waals surface area (Å²) in [6, 6.07) is 1.94. The predicted molar refractivity (Wildman–Crippen MR) is 46.9 cm³/mol. The van der Waals surface area contributed by atoms with E-state index in [2.05, 4.69) is 4.85 Å². The van der Waals surface area contributed by atoms with Crippen LogP contribution in [0.4, 0.5) is 24.5 Å². The number of halogens is 3. The van der Waals surface area contributed by atoms with E-state index in [1.54, 1.807) is 6.92 Å². The molecule has 0 spiro atoms. The normalized spacial score (nSPS) is 11.1. The van der Waals surface area contributed by atoms with Gasteiger partial charge in [0.05, 0.1) is 12.1 Å². The molecule has 0 aromatic heterocycles. The Morgan fingerprint density at radius 3 is 2.36 bits per heavy atom. The maximum atomic E-state index is 12.3. The number of hydrogen-bond acceptors (Lipinski definition) is 1. The van der Waals surface area contributed by atoms with Crippen molar-refractivity contribution in [3.8, 4) is 0 Å². The summed E-state index contributed by atoms with van der Waals surface area (Å²) in [5.41, 5.74) is 4.47. The van der Waals surface area contributed by atoms with Gasteiger partial charge in [-0.3, -0.25) is 0 Å². The standard InChI is InChI=1S/C9H7F3N2/c1-5-3-8(14-2)6(4-7(5)13)9(10,11)12/h3-4H,13H2,1H3. The van der Waals surface area contributed by atoms with Crippen molar-refractivity contribution in [2.45, 2.75) is 13.1 Å². The van der Waals surface area contributed by atoms with Crippen molar-refractivity contribution in [2.75, 3.05) is 5.73 Å². The summed E-state index contributed by atoms with van der Waals surface area (Å²) < 4.78 is 37.0. The van der Waals surface area contributed by atoms with Crippen LogP contribution in [0.3, 0.4) is 0 Å². The van der Waals surface area contributed by atoms with E-state index in [4.69, 9.17) is 12.3 Å². The van der Waals surface area contributed by atoms with Crippen LogP contribution >= 0.6 is 0 Å². The van der Waals surface area contributed by atoms with E-state index in [-0.39, 0.29) is 5.69 Å². The molecule has 0 aliphatic heterocycles. The first-order chi connectivity index (χ1) is 6.36. The second kappa shape index (κ2) is 3.22. The number of benzene rings is 1. The van der Waals surface area contributed by atoms with Crippen LogP contribution in [-0.2, 0) is 6.18 Å². The Kier molecular flexibility index (Phi) is 2.39. The van der Waals surface area contributed by atoms with E-state index in [1.807, 2.05) is 0 Å². The summed E-state index contributed by atoms with van der Waals surface area (Å²) in [6.07, 6.45) is -4.53. The van der Waals surface area contributed by atoms with Crippen LogP contribution in [-0.4, -0.2) is 0 Å². The second-order valence-electron chi connectivity index (χ2n) is 2.84. The van der Waals surface area contributed by atoms with Crippen LogP contribution in [0, 0.1) is 13.5 Å². The predicted octanol–water partition coefficient (Wildman–Crippen LogP) is 3.15. The number of aryl methyl sites for hydroxylation is 1. The Labute approximate surface area is 79.0 Å². The monoisotopic (exact) mass is 200 g/mol. The lowest BCUT2D eigenvalue weighted by molar-refractivity contribution is -0.136. The molecule has 0 amide bonds. The van der Waals surface area contributed by atoms with E-state index in [0.29, 0.717) is 5.56 Å². The minimum absolute atomic E-state index is 0.0460. The highest BCUT2D eigenvalue weighted by Gasteiger charge is 2.33. The molecule has 0 saturated heterocycles. The van der Waals surface area contributed by atoms with Gasteiger partial charge in [0.2, 0.25) is 0 Å². The van der Waals surface area contributed by atoms with Crippen molar-refractivity contribution in [2.24, 2.45) is 0 Å². The van der Waals surface area contributed by atoms with E-state index < -0.39 is 17.4 Å². The number of nitrogens with zero attached hydrogens (tertiary/aromatic N) is 1. The Bertz CT molecular complexity index is 402. The highest BCUT2D eigenvalue weighted by Crippen LogP contribution is 2.38. The Morgan fingerprint density at radius 1 is 1.36 bits per heavy atom. The highest BCUT2D eigenvalue weighted by molar-refractivity contribution is 5.63. The van der Waals surface area contributed by atoms with Gasteiger partial charge < -0.3 is 5.73 Å². The first-order valence-electron chi connectivity index (χ1n) is 3.71. The van der Waals surface area contributed by atoms with Crippen molar-refractivity contribution in [1.29, 1.82) is 0 Å². The maximum Gasteiger partial charge on any atom is 0.407 e. The van der Waals surface area contributed by atoms with Gasteiger partial charge in [-0.1, -0.05) is 6.07 Å². The van der Waals surface area contributed by atoms with Crippen molar-refractivity contribution >= 4 is 11.4 Å². The maximum absolute atomic E-state index is 12.3. The molecule has 74 valence electrons. The largest absolute Gasteiger partial charge is 0.407 e. The van der Waals surface area contributed by atoms with Gasteiger partial charge in [0, 0.05) is 5.69 Å². The molecule has 1 aromatic rings. The lowest BCUT2D eigenvalue weighted by Crippen LogP contribution is -2.06. The number of hydrogen-bond donors (Lipinski definition) is 1. The van der Waals surface area contributed by atoms with E-state index in [0.717, 1.165) is 12.1 Å². The lowest BCUT2D eigenvalue weighted by Gasteiger charge is -2.11. The molecule has 1 rings (SSSR count). The van der Waals surface area contributed by atoms with Crippen molar-refractivity contribution in [3.05, 3.63) is 34.7 Å². The second-order valence-corrected chi connectivity index (χ2v) is 2.84.